The molecule has 2 aromatic heterocycles. The van der Waals surface area contributed by atoms with E-state index in [2.05, 4.69) is 9.97 Å². The van der Waals surface area contributed by atoms with Crippen molar-refractivity contribution >= 4 is 34.0 Å². The molecule has 0 aliphatic carbocycles. The van der Waals surface area contributed by atoms with Crippen molar-refractivity contribution in [1.29, 1.82) is 0 Å². The first kappa shape index (κ1) is 20.3. The number of nitro groups is 1. The number of hydrogen-bond donors (Lipinski definition) is 0. The van der Waals surface area contributed by atoms with Crippen molar-refractivity contribution in [2.45, 2.75) is 6.92 Å². The van der Waals surface area contributed by atoms with Gasteiger partial charge in [0.2, 0.25) is 0 Å². The van der Waals surface area contributed by atoms with E-state index in [0.717, 1.165) is 0 Å². The van der Waals surface area contributed by atoms with Crippen LogP contribution in [-0.2, 0) is 4.74 Å². The Balaban J connectivity index is 1.75. The molecule has 5 aromatic rings. The van der Waals surface area contributed by atoms with Crippen molar-refractivity contribution in [3.8, 4) is 17.1 Å². The lowest BCUT2D eigenvalue weighted by atomic mass is 10.1. The van der Waals surface area contributed by atoms with Crippen LogP contribution in [0.1, 0.15) is 17.3 Å². The highest BCUT2D eigenvalue weighted by Crippen LogP contribution is 2.30. The van der Waals surface area contributed by atoms with E-state index in [4.69, 9.17) is 9.72 Å². The largest absolute Gasteiger partial charge is 0.462 e. The molecule has 0 aliphatic rings. The van der Waals surface area contributed by atoms with Crippen LogP contribution in [0.5, 0.6) is 0 Å². The van der Waals surface area contributed by atoms with E-state index in [9.17, 15) is 14.9 Å². The van der Waals surface area contributed by atoms with Crippen LogP contribution in [-0.4, -0.2) is 37.0 Å². The summed E-state index contributed by atoms with van der Waals surface area (Å²) in [5.41, 5.74) is 3.88. The second-order valence-electron chi connectivity index (χ2n) is 7.21. The van der Waals surface area contributed by atoms with Gasteiger partial charge in [0, 0.05) is 23.4 Å². The molecular formula is C24H17N5O4. The fraction of sp³-hybridized carbons (Fsp3) is 0.0833. The molecule has 2 heterocycles. The Bertz CT molecular complexity index is 1530. The molecule has 3 aromatic carbocycles. The van der Waals surface area contributed by atoms with Gasteiger partial charge in [-0.25, -0.2) is 19.7 Å². The van der Waals surface area contributed by atoms with Gasteiger partial charge in [0.15, 0.2) is 11.3 Å². The minimum atomic E-state index is -0.449. The fourth-order valence-electron chi connectivity index (χ4n) is 3.61. The molecule has 0 radical (unpaired) electrons. The Morgan fingerprint density at radius 2 is 1.70 bits per heavy atom. The predicted molar refractivity (Wildman–Crippen MR) is 122 cm³/mol. The first-order valence-corrected chi connectivity index (χ1v) is 10.2. The highest BCUT2D eigenvalue weighted by atomic mass is 16.6. The SMILES string of the molecule is CCOC(=O)c1ccc(-n2c(-c3cccc([N+](=O)[O-])c3)nc3nc4ccccc4nc32)cc1. The maximum atomic E-state index is 12.1. The fourth-order valence-corrected chi connectivity index (χ4v) is 3.61. The number of carbonyl (C=O) groups excluding carboxylic acids is 1. The summed E-state index contributed by atoms with van der Waals surface area (Å²) in [7, 11) is 0. The number of hydrogen-bond acceptors (Lipinski definition) is 7. The van der Waals surface area contributed by atoms with Crippen LogP contribution < -0.4 is 0 Å². The maximum absolute atomic E-state index is 12.1. The molecule has 33 heavy (non-hydrogen) atoms. The minimum Gasteiger partial charge on any atom is -0.462 e. The highest BCUT2D eigenvalue weighted by molar-refractivity contribution is 5.90. The topological polar surface area (TPSA) is 113 Å². The zero-order chi connectivity index (χ0) is 22.9. The van der Waals surface area contributed by atoms with E-state index in [-0.39, 0.29) is 12.3 Å². The number of fused-ring (bicyclic) bond motifs is 2. The van der Waals surface area contributed by atoms with E-state index in [1.165, 1.54) is 12.1 Å². The Morgan fingerprint density at radius 1 is 0.970 bits per heavy atom. The molecule has 0 saturated carbocycles. The number of nitro benzene ring substituents is 1. The normalized spacial score (nSPS) is 11.1. The maximum Gasteiger partial charge on any atom is 0.338 e. The number of nitrogens with zero attached hydrogens (tertiary/aromatic N) is 5. The number of rotatable bonds is 5. The minimum absolute atomic E-state index is 0.0464. The summed E-state index contributed by atoms with van der Waals surface area (Å²) in [5.74, 6) is 0.0390. The molecule has 0 unspecified atom stereocenters. The van der Waals surface area contributed by atoms with Crippen molar-refractivity contribution < 1.29 is 14.5 Å². The van der Waals surface area contributed by atoms with E-state index >= 15 is 0 Å². The van der Waals surface area contributed by atoms with Crippen LogP contribution in [0.25, 0.3) is 39.4 Å². The van der Waals surface area contributed by atoms with Gasteiger partial charge in [0.25, 0.3) is 5.69 Å². The van der Waals surface area contributed by atoms with Crippen molar-refractivity contribution in [3.63, 3.8) is 0 Å². The summed E-state index contributed by atoms with van der Waals surface area (Å²) >= 11 is 0. The van der Waals surface area contributed by atoms with Gasteiger partial charge in [-0.05, 0) is 43.3 Å². The van der Waals surface area contributed by atoms with Gasteiger partial charge < -0.3 is 4.74 Å². The van der Waals surface area contributed by atoms with Gasteiger partial charge in [-0.3, -0.25) is 14.7 Å². The Labute approximate surface area is 187 Å². The molecule has 9 nitrogen and oxygen atoms in total. The van der Waals surface area contributed by atoms with Crippen molar-refractivity contribution in [2.75, 3.05) is 6.61 Å². The molecular weight excluding hydrogens is 422 g/mol. The van der Waals surface area contributed by atoms with E-state index in [0.29, 0.717) is 45.0 Å². The molecule has 9 heteroatoms. The van der Waals surface area contributed by atoms with Crippen LogP contribution in [0, 0.1) is 10.1 Å². The van der Waals surface area contributed by atoms with E-state index in [1.54, 1.807) is 47.9 Å². The molecule has 0 aliphatic heterocycles. The van der Waals surface area contributed by atoms with Gasteiger partial charge in [-0.2, -0.15) is 0 Å². The van der Waals surface area contributed by atoms with E-state index in [1.807, 2.05) is 24.3 Å². The van der Waals surface area contributed by atoms with Crippen LogP contribution in [0.4, 0.5) is 5.69 Å². The number of imidazole rings is 1. The second-order valence-corrected chi connectivity index (χ2v) is 7.21. The number of esters is 1. The lowest BCUT2D eigenvalue weighted by molar-refractivity contribution is -0.384. The van der Waals surface area contributed by atoms with Crippen molar-refractivity contribution in [3.05, 3.63) is 88.5 Å². The molecule has 0 N–H and O–H groups in total. The zero-order valence-corrected chi connectivity index (χ0v) is 17.5. The third-order valence-electron chi connectivity index (χ3n) is 5.12. The first-order chi connectivity index (χ1) is 16.0. The summed E-state index contributed by atoms with van der Waals surface area (Å²) in [5, 5.41) is 11.3. The predicted octanol–water partition coefficient (Wildman–Crippen LogP) is 4.72. The summed E-state index contributed by atoms with van der Waals surface area (Å²) in [4.78, 5) is 37.0. The Morgan fingerprint density at radius 3 is 2.39 bits per heavy atom. The number of para-hydroxylation sites is 2. The zero-order valence-electron chi connectivity index (χ0n) is 17.5. The van der Waals surface area contributed by atoms with Crippen LogP contribution in [0.2, 0.25) is 0 Å². The van der Waals surface area contributed by atoms with Crippen LogP contribution in [0.15, 0.2) is 72.8 Å². The van der Waals surface area contributed by atoms with Gasteiger partial charge in [-0.1, -0.05) is 24.3 Å². The highest BCUT2D eigenvalue weighted by Gasteiger charge is 2.19. The Kier molecular flexibility index (Phi) is 4.98. The summed E-state index contributed by atoms with van der Waals surface area (Å²) in [6, 6.07) is 20.5. The first-order valence-electron chi connectivity index (χ1n) is 10.2. The standard InChI is InChI=1S/C24H17N5O4/c1-2-33-24(30)15-10-12-17(13-11-15)28-22(16-6-5-7-18(14-16)29(31)32)27-21-23(28)26-20-9-4-3-8-19(20)25-21/h3-14H,2H2,1H3. The molecule has 0 saturated heterocycles. The van der Waals surface area contributed by atoms with Crippen LogP contribution >= 0.6 is 0 Å². The number of benzene rings is 3. The molecule has 162 valence electrons. The second kappa shape index (κ2) is 8.12. The van der Waals surface area contributed by atoms with Crippen LogP contribution in [0.3, 0.4) is 0 Å². The molecule has 0 fully saturated rings. The monoisotopic (exact) mass is 439 g/mol. The van der Waals surface area contributed by atoms with Gasteiger partial charge >= 0.3 is 5.97 Å². The van der Waals surface area contributed by atoms with Gasteiger partial charge in [-0.15, -0.1) is 0 Å². The lowest BCUT2D eigenvalue weighted by Crippen LogP contribution is -2.05. The lowest BCUT2D eigenvalue weighted by Gasteiger charge is -2.10. The van der Waals surface area contributed by atoms with Gasteiger partial charge in [0.05, 0.1) is 28.1 Å². The molecule has 0 amide bonds. The molecule has 0 spiro atoms. The molecule has 0 bridgehead atoms. The third kappa shape index (κ3) is 3.65. The number of aromatic nitrogens is 4. The van der Waals surface area contributed by atoms with Gasteiger partial charge in [0.1, 0.15) is 5.82 Å². The average Bonchev–Trinajstić information content (AvgIpc) is 3.21. The summed E-state index contributed by atoms with van der Waals surface area (Å²) in [6.07, 6.45) is 0. The number of ether oxygens (including phenoxy) is 1. The number of non-ortho nitro benzene ring substituents is 1. The number of carbonyl (C=O) groups is 1. The molecule has 0 atom stereocenters. The summed E-state index contributed by atoms with van der Waals surface area (Å²) < 4.78 is 6.84. The third-order valence-corrected chi connectivity index (χ3v) is 5.12. The molecule has 5 rings (SSSR count). The van der Waals surface area contributed by atoms with Crippen molar-refractivity contribution in [1.82, 2.24) is 19.5 Å². The van der Waals surface area contributed by atoms with Crippen molar-refractivity contribution in [2.24, 2.45) is 0 Å². The summed E-state index contributed by atoms with van der Waals surface area (Å²) in [6.45, 7) is 2.03. The smallest absolute Gasteiger partial charge is 0.338 e. The quantitative estimate of drug-likeness (QED) is 0.221. The van der Waals surface area contributed by atoms with E-state index < -0.39 is 10.9 Å². The average molecular weight is 439 g/mol. The Hall–Kier alpha value is -4.66.